The average Bonchev–Trinajstić information content (AvgIpc) is 2.90. The number of rotatable bonds is 0. The third kappa shape index (κ3) is 8.46. The molecular weight excluding hydrogens is 286 g/mol. The molecule has 122 valence electrons. The Morgan fingerprint density at radius 3 is 1.35 bits per heavy atom. The lowest BCUT2D eigenvalue weighted by Gasteiger charge is -1.88. The van der Waals surface area contributed by atoms with Crippen LogP contribution in [-0.2, 0) is 0 Å². The first-order valence-corrected chi connectivity index (χ1v) is 7.51. The van der Waals surface area contributed by atoms with Crippen molar-refractivity contribution in [1.29, 1.82) is 0 Å². The van der Waals surface area contributed by atoms with Crippen LogP contribution in [0.3, 0.4) is 0 Å². The van der Waals surface area contributed by atoms with Crippen molar-refractivity contribution in [3.63, 3.8) is 0 Å². The van der Waals surface area contributed by atoms with Crippen molar-refractivity contribution >= 4 is 0 Å². The fourth-order valence-corrected chi connectivity index (χ4v) is 1.57. The van der Waals surface area contributed by atoms with E-state index in [4.69, 9.17) is 0 Å². The quantitative estimate of drug-likeness (QED) is 0.685. The summed E-state index contributed by atoms with van der Waals surface area (Å²) in [4.78, 5) is 11.1. The standard InChI is InChI=1S/2C6H8N2.C6H9N/c1-5-3-7-6(2)8-4-5;1-5-3-4-6(2)8-7-5;1-5-3-4-6(2)7-5/h2*3-4H,1-2H3;3-4,7H,1-2H3. The van der Waals surface area contributed by atoms with Gasteiger partial charge in [0.15, 0.2) is 0 Å². The molecule has 0 aliphatic rings. The molecule has 0 aromatic carbocycles. The molecule has 3 aromatic heterocycles. The highest BCUT2D eigenvalue weighted by atomic mass is 15.1. The van der Waals surface area contributed by atoms with Crippen molar-refractivity contribution in [2.75, 3.05) is 0 Å². The van der Waals surface area contributed by atoms with Gasteiger partial charge in [-0.3, -0.25) is 0 Å². The fraction of sp³-hybridized carbons (Fsp3) is 0.333. The third-order valence-electron chi connectivity index (χ3n) is 2.82. The molecule has 0 atom stereocenters. The molecule has 3 rings (SSSR count). The number of hydrogen-bond acceptors (Lipinski definition) is 4. The molecule has 0 bridgehead atoms. The van der Waals surface area contributed by atoms with Crippen LogP contribution in [0.4, 0.5) is 0 Å². The molecule has 0 radical (unpaired) electrons. The molecule has 0 amide bonds. The van der Waals surface area contributed by atoms with E-state index in [9.17, 15) is 0 Å². The summed E-state index contributed by atoms with van der Waals surface area (Å²) in [6.45, 7) is 11.8. The summed E-state index contributed by atoms with van der Waals surface area (Å²) in [5, 5.41) is 7.66. The van der Waals surface area contributed by atoms with Gasteiger partial charge in [-0.05, 0) is 71.4 Å². The Bertz CT molecular complexity index is 582. The van der Waals surface area contributed by atoms with Crippen molar-refractivity contribution in [2.24, 2.45) is 0 Å². The Morgan fingerprint density at radius 1 is 0.652 bits per heavy atom. The lowest BCUT2D eigenvalue weighted by atomic mass is 10.4. The van der Waals surface area contributed by atoms with E-state index >= 15 is 0 Å². The molecule has 0 aliphatic heterocycles. The van der Waals surface area contributed by atoms with Gasteiger partial charge in [0.25, 0.3) is 0 Å². The Morgan fingerprint density at radius 2 is 1.09 bits per heavy atom. The SMILES string of the molecule is Cc1ccc(C)[nH]1.Cc1ccc(C)nn1.Cc1cnc(C)nc1. The van der Waals surface area contributed by atoms with E-state index in [2.05, 4.69) is 37.3 Å². The van der Waals surface area contributed by atoms with E-state index in [0.717, 1.165) is 22.8 Å². The molecule has 0 saturated carbocycles. The van der Waals surface area contributed by atoms with Crippen molar-refractivity contribution in [3.05, 3.63) is 70.8 Å². The summed E-state index contributed by atoms with van der Waals surface area (Å²) in [7, 11) is 0. The molecular formula is C18H25N5. The van der Waals surface area contributed by atoms with E-state index in [-0.39, 0.29) is 0 Å². The molecule has 1 N–H and O–H groups in total. The normalized spacial score (nSPS) is 9.30. The summed E-state index contributed by atoms with van der Waals surface area (Å²) >= 11 is 0. The molecule has 3 heterocycles. The van der Waals surface area contributed by atoms with Crippen molar-refractivity contribution < 1.29 is 0 Å². The maximum Gasteiger partial charge on any atom is 0.125 e. The van der Waals surface area contributed by atoms with Gasteiger partial charge in [0.2, 0.25) is 0 Å². The predicted octanol–water partition coefficient (Wildman–Crippen LogP) is 3.82. The van der Waals surface area contributed by atoms with Gasteiger partial charge < -0.3 is 4.98 Å². The number of aromatic nitrogens is 5. The zero-order chi connectivity index (χ0) is 17.2. The van der Waals surface area contributed by atoms with Crippen LogP contribution < -0.4 is 0 Å². The first kappa shape index (κ1) is 18.5. The zero-order valence-electron chi connectivity index (χ0n) is 14.8. The number of hydrogen-bond donors (Lipinski definition) is 1. The third-order valence-corrected chi connectivity index (χ3v) is 2.82. The highest BCUT2D eigenvalue weighted by Gasteiger charge is 1.84. The Hall–Kier alpha value is -2.56. The van der Waals surface area contributed by atoms with Gasteiger partial charge in [-0.2, -0.15) is 10.2 Å². The van der Waals surface area contributed by atoms with Gasteiger partial charge in [-0.1, -0.05) is 0 Å². The molecule has 0 aliphatic carbocycles. The van der Waals surface area contributed by atoms with Crippen LogP contribution in [0.5, 0.6) is 0 Å². The predicted molar refractivity (Wildman–Crippen MR) is 93.3 cm³/mol. The Labute approximate surface area is 138 Å². The van der Waals surface area contributed by atoms with Crippen molar-refractivity contribution in [2.45, 2.75) is 41.5 Å². The monoisotopic (exact) mass is 311 g/mol. The topological polar surface area (TPSA) is 67.3 Å². The minimum absolute atomic E-state index is 0.829. The smallest absolute Gasteiger partial charge is 0.125 e. The lowest BCUT2D eigenvalue weighted by Crippen LogP contribution is -1.86. The molecule has 23 heavy (non-hydrogen) atoms. The van der Waals surface area contributed by atoms with Crippen molar-refractivity contribution in [1.82, 2.24) is 25.1 Å². The van der Waals surface area contributed by atoms with Crippen LogP contribution >= 0.6 is 0 Å². The summed E-state index contributed by atoms with van der Waals surface area (Å²) in [5.74, 6) is 0.829. The van der Waals surface area contributed by atoms with Crippen molar-refractivity contribution in [3.8, 4) is 0 Å². The molecule has 0 fully saturated rings. The highest BCUT2D eigenvalue weighted by Crippen LogP contribution is 1.95. The van der Waals surface area contributed by atoms with E-state index in [0.29, 0.717) is 0 Å². The van der Waals surface area contributed by atoms with Gasteiger partial charge in [0.1, 0.15) is 5.82 Å². The van der Waals surface area contributed by atoms with Gasteiger partial charge in [0, 0.05) is 23.8 Å². The molecule has 0 unspecified atom stereocenters. The summed E-state index contributed by atoms with van der Waals surface area (Å²) < 4.78 is 0. The number of H-pyrrole nitrogens is 1. The number of aromatic amines is 1. The number of nitrogens with one attached hydrogen (secondary N) is 1. The first-order chi connectivity index (χ1) is 10.9. The second kappa shape index (κ2) is 9.46. The van der Waals surface area contributed by atoms with Gasteiger partial charge in [-0.25, -0.2) is 9.97 Å². The maximum absolute atomic E-state index is 3.97. The molecule has 5 heteroatoms. The van der Waals surface area contributed by atoms with E-state index in [1.807, 2.05) is 66.1 Å². The minimum atomic E-state index is 0.829. The summed E-state index contributed by atoms with van der Waals surface area (Å²) in [6, 6.07) is 8.02. The van der Waals surface area contributed by atoms with Crippen LogP contribution in [0.2, 0.25) is 0 Å². The van der Waals surface area contributed by atoms with Crippen LogP contribution in [0.1, 0.15) is 34.2 Å². The molecule has 0 saturated heterocycles. The van der Waals surface area contributed by atoms with Gasteiger partial charge in [-0.15, -0.1) is 0 Å². The van der Waals surface area contributed by atoms with E-state index < -0.39 is 0 Å². The number of nitrogens with zero attached hydrogens (tertiary/aromatic N) is 4. The van der Waals surface area contributed by atoms with Gasteiger partial charge in [0.05, 0.1) is 11.4 Å². The Kier molecular flexibility index (Phi) is 7.60. The van der Waals surface area contributed by atoms with Crippen LogP contribution in [-0.4, -0.2) is 25.1 Å². The van der Waals surface area contributed by atoms with E-state index in [1.54, 1.807) is 0 Å². The average molecular weight is 311 g/mol. The van der Waals surface area contributed by atoms with Crippen LogP contribution in [0, 0.1) is 41.5 Å². The summed E-state index contributed by atoms with van der Waals surface area (Å²) in [6.07, 6.45) is 3.62. The second-order valence-electron chi connectivity index (χ2n) is 5.45. The second-order valence-corrected chi connectivity index (χ2v) is 5.45. The molecule has 0 spiro atoms. The van der Waals surface area contributed by atoms with Crippen LogP contribution in [0.25, 0.3) is 0 Å². The Balaban J connectivity index is 0.000000173. The molecule has 3 aromatic rings. The van der Waals surface area contributed by atoms with Crippen LogP contribution in [0.15, 0.2) is 36.7 Å². The summed E-state index contributed by atoms with van der Waals surface area (Å²) in [5.41, 5.74) is 5.51. The minimum Gasteiger partial charge on any atom is -0.363 e. The zero-order valence-corrected chi connectivity index (χ0v) is 14.8. The maximum atomic E-state index is 3.97. The first-order valence-electron chi connectivity index (χ1n) is 7.51. The van der Waals surface area contributed by atoms with E-state index in [1.165, 1.54) is 11.4 Å². The highest BCUT2D eigenvalue weighted by molar-refractivity contribution is 5.09. The largest absolute Gasteiger partial charge is 0.363 e. The lowest BCUT2D eigenvalue weighted by molar-refractivity contribution is 0.941. The molecule has 5 nitrogen and oxygen atoms in total. The number of aryl methyl sites for hydroxylation is 6. The fourth-order valence-electron chi connectivity index (χ4n) is 1.57. The van der Waals surface area contributed by atoms with Gasteiger partial charge >= 0.3 is 0 Å².